The molecule has 0 aliphatic carbocycles. The number of nitrogens with zero attached hydrogens (tertiary/aromatic N) is 2. The van der Waals surface area contributed by atoms with Gasteiger partial charge in [-0.15, -0.1) is 0 Å². The number of aromatic nitrogens is 2. The Balaban J connectivity index is 2.55. The van der Waals surface area contributed by atoms with Gasteiger partial charge in [0.05, 0.1) is 23.7 Å². The summed E-state index contributed by atoms with van der Waals surface area (Å²) in [6.07, 6.45) is 0.958. The molecule has 0 fully saturated rings. The van der Waals surface area contributed by atoms with E-state index >= 15 is 0 Å². The topological polar surface area (TPSA) is 53.1 Å². The summed E-state index contributed by atoms with van der Waals surface area (Å²) >= 11 is 3.44. The van der Waals surface area contributed by atoms with E-state index in [2.05, 4.69) is 27.8 Å². The van der Waals surface area contributed by atoms with Crippen LogP contribution in [0.25, 0.3) is 11.0 Å². The van der Waals surface area contributed by atoms with Crippen LogP contribution in [0.2, 0.25) is 0 Å². The van der Waals surface area contributed by atoms with Gasteiger partial charge in [-0.05, 0) is 24.6 Å². The Morgan fingerprint density at radius 3 is 2.94 bits per heavy atom. The largest absolute Gasteiger partial charge is 0.383 e. The fraction of sp³-hybridized carbons (Fsp3) is 0.417. The van der Waals surface area contributed by atoms with Crippen LogP contribution >= 0.6 is 15.9 Å². The molecule has 1 heterocycles. The smallest absolute Gasteiger partial charge is 0.201 e. The Morgan fingerprint density at radius 2 is 2.29 bits per heavy atom. The zero-order valence-electron chi connectivity index (χ0n) is 9.98. The van der Waals surface area contributed by atoms with Gasteiger partial charge < -0.3 is 15.0 Å². The number of halogens is 1. The maximum atomic E-state index is 5.99. The number of benzene rings is 1. The molecule has 0 saturated carbocycles. The summed E-state index contributed by atoms with van der Waals surface area (Å²) in [4.78, 5) is 4.38. The first kappa shape index (κ1) is 12.4. The molecule has 4 nitrogen and oxygen atoms in total. The quantitative estimate of drug-likeness (QED) is 0.944. The zero-order chi connectivity index (χ0) is 12.4. The summed E-state index contributed by atoms with van der Waals surface area (Å²) in [5.41, 5.74) is 7.95. The molecule has 92 valence electrons. The summed E-state index contributed by atoms with van der Waals surface area (Å²) in [5, 5.41) is 0. The Kier molecular flexibility index (Phi) is 3.69. The fourth-order valence-electron chi connectivity index (χ4n) is 2.04. The van der Waals surface area contributed by atoms with Gasteiger partial charge in [0.15, 0.2) is 0 Å². The maximum Gasteiger partial charge on any atom is 0.201 e. The lowest BCUT2D eigenvalue weighted by atomic mass is 10.2. The lowest BCUT2D eigenvalue weighted by molar-refractivity contribution is 0.155. The third-order valence-electron chi connectivity index (χ3n) is 2.87. The average Bonchev–Trinajstić information content (AvgIpc) is 2.61. The van der Waals surface area contributed by atoms with E-state index in [1.807, 2.05) is 22.8 Å². The second kappa shape index (κ2) is 5.06. The Hall–Kier alpha value is -1.07. The first-order valence-electron chi connectivity index (χ1n) is 5.59. The van der Waals surface area contributed by atoms with Crippen LogP contribution in [-0.4, -0.2) is 23.3 Å². The van der Waals surface area contributed by atoms with E-state index in [-0.39, 0.29) is 6.04 Å². The third kappa shape index (κ3) is 2.30. The van der Waals surface area contributed by atoms with Gasteiger partial charge in [-0.3, -0.25) is 0 Å². The molecule has 0 amide bonds. The van der Waals surface area contributed by atoms with Crippen molar-refractivity contribution in [1.82, 2.24) is 9.55 Å². The maximum absolute atomic E-state index is 5.99. The molecule has 1 aromatic heterocycles. The van der Waals surface area contributed by atoms with Crippen LogP contribution in [0.15, 0.2) is 22.7 Å². The number of nitrogen functional groups attached to an aromatic ring is 1. The normalized spacial score (nSPS) is 13.1. The second-order valence-electron chi connectivity index (χ2n) is 3.99. The van der Waals surface area contributed by atoms with E-state index < -0.39 is 0 Å². The van der Waals surface area contributed by atoms with Gasteiger partial charge in [0.25, 0.3) is 0 Å². The highest BCUT2D eigenvalue weighted by molar-refractivity contribution is 9.10. The number of imidazole rings is 1. The minimum Gasteiger partial charge on any atom is -0.383 e. The molecule has 5 heteroatoms. The van der Waals surface area contributed by atoms with Crippen molar-refractivity contribution in [2.75, 3.05) is 19.5 Å². The molecule has 1 unspecified atom stereocenters. The van der Waals surface area contributed by atoms with Gasteiger partial charge in [-0.1, -0.05) is 22.9 Å². The lowest BCUT2D eigenvalue weighted by Gasteiger charge is -2.18. The molecular weight excluding hydrogens is 282 g/mol. The Labute approximate surface area is 109 Å². The van der Waals surface area contributed by atoms with Gasteiger partial charge in [0.1, 0.15) is 0 Å². The number of fused-ring (bicyclic) bond motifs is 1. The van der Waals surface area contributed by atoms with Gasteiger partial charge in [-0.2, -0.15) is 0 Å². The standard InChI is InChI=1S/C12H16BrN3O/c1-3-9(7-17-2)16-11-5-4-8(13)6-10(11)15-12(16)14/h4-6,9H,3,7H2,1-2H3,(H2,14,15). The van der Waals surface area contributed by atoms with Crippen LogP contribution in [-0.2, 0) is 4.74 Å². The molecule has 17 heavy (non-hydrogen) atoms. The molecule has 1 aromatic carbocycles. The Morgan fingerprint density at radius 1 is 1.53 bits per heavy atom. The molecule has 1 atom stereocenters. The molecule has 0 radical (unpaired) electrons. The van der Waals surface area contributed by atoms with Gasteiger partial charge >= 0.3 is 0 Å². The van der Waals surface area contributed by atoms with Crippen LogP contribution in [0.5, 0.6) is 0 Å². The van der Waals surface area contributed by atoms with Gasteiger partial charge in [0.2, 0.25) is 5.95 Å². The highest BCUT2D eigenvalue weighted by Gasteiger charge is 2.16. The first-order valence-corrected chi connectivity index (χ1v) is 6.38. The van der Waals surface area contributed by atoms with Crippen molar-refractivity contribution in [1.29, 1.82) is 0 Å². The molecule has 2 N–H and O–H groups in total. The summed E-state index contributed by atoms with van der Waals surface area (Å²) in [6, 6.07) is 6.23. The number of hydrogen-bond acceptors (Lipinski definition) is 3. The number of ether oxygens (including phenoxy) is 1. The summed E-state index contributed by atoms with van der Waals surface area (Å²) in [6.45, 7) is 2.76. The Bertz CT molecular complexity index is 524. The van der Waals surface area contributed by atoms with E-state index in [1.54, 1.807) is 7.11 Å². The molecule has 0 spiro atoms. The van der Waals surface area contributed by atoms with Gasteiger partial charge in [-0.25, -0.2) is 4.98 Å². The number of methoxy groups -OCH3 is 1. The summed E-state index contributed by atoms with van der Waals surface area (Å²) in [5.74, 6) is 0.544. The second-order valence-corrected chi connectivity index (χ2v) is 4.91. The number of nitrogens with two attached hydrogens (primary N) is 1. The van der Waals surface area contributed by atoms with E-state index in [4.69, 9.17) is 10.5 Å². The molecule has 0 aliphatic heterocycles. The van der Waals surface area contributed by atoms with E-state index in [0.29, 0.717) is 12.6 Å². The van der Waals surface area contributed by atoms with Crippen molar-refractivity contribution >= 4 is 32.9 Å². The van der Waals surface area contributed by atoms with Crippen LogP contribution in [0, 0.1) is 0 Å². The summed E-state index contributed by atoms with van der Waals surface area (Å²) < 4.78 is 8.29. The highest BCUT2D eigenvalue weighted by atomic mass is 79.9. The molecular formula is C12H16BrN3O. The van der Waals surface area contributed by atoms with E-state index in [1.165, 1.54) is 0 Å². The van der Waals surface area contributed by atoms with Crippen molar-refractivity contribution < 1.29 is 4.74 Å². The van der Waals surface area contributed by atoms with Crippen molar-refractivity contribution in [2.45, 2.75) is 19.4 Å². The molecule has 0 aliphatic rings. The molecule has 0 saturated heterocycles. The van der Waals surface area contributed by atoms with Crippen LogP contribution in [0.3, 0.4) is 0 Å². The van der Waals surface area contributed by atoms with Crippen LogP contribution in [0.4, 0.5) is 5.95 Å². The third-order valence-corrected chi connectivity index (χ3v) is 3.37. The number of rotatable bonds is 4. The minimum absolute atomic E-state index is 0.228. The van der Waals surface area contributed by atoms with E-state index in [0.717, 1.165) is 21.9 Å². The van der Waals surface area contributed by atoms with Crippen molar-refractivity contribution in [3.63, 3.8) is 0 Å². The molecule has 0 bridgehead atoms. The van der Waals surface area contributed by atoms with Crippen molar-refractivity contribution in [3.05, 3.63) is 22.7 Å². The number of anilines is 1. The minimum atomic E-state index is 0.228. The van der Waals surface area contributed by atoms with Gasteiger partial charge in [0, 0.05) is 11.6 Å². The summed E-state index contributed by atoms with van der Waals surface area (Å²) in [7, 11) is 1.70. The molecule has 2 rings (SSSR count). The van der Waals surface area contributed by atoms with Crippen molar-refractivity contribution in [2.24, 2.45) is 0 Å². The zero-order valence-corrected chi connectivity index (χ0v) is 11.6. The van der Waals surface area contributed by atoms with Crippen molar-refractivity contribution in [3.8, 4) is 0 Å². The van der Waals surface area contributed by atoms with Crippen LogP contribution in [0.1, 0.15) is 19.4 Å². The van der Waals surface area contributed by atoms with Crippen LogP contribution < -0.4 is 5.73 Å². The highest BCUT2D eigenvalue weighted by Crippen LogP contribution is 2.27. The monoisotopic (exact) mass is 297 g/mol. The van der Waals surface area contributed by atoms with E-state index in [9.17, 15) is 0 Å². The average molecular weight is 298 g/mol. The predicted molar refractivity (Wildman–Crippen MR) is 73.0 cm³/mol. The fourth-order valence-corrected chi connectivity index (χ4v) is 2.39. The predicted octanol–water partition coefficient (Wildman–Crippen LogP) is 2.98. The lowest BCUT2D eigenvalue weighted by Crippen LogP contribution is -2.15. The first-order chi connectivity index (χ1) is 8.17. The number of hydrogen-bond donors (Lipinski definition) is 1. The molecule has 2 aromatic rings. The SMILES string of the molecule is CCC(COC)n1c(N)nc2cc(Br)ccc21.